The van der Waals surface area contributed by atoms with Crippen molar-refractivity contribution in [2.75, 3.05) is 5.32 Å². The number of alkyl halides is 3. The van der Waals surface area contributed by atoms with Crippen molar-refractivity contribution < 1.29 is 23.1 Å². The Morgan fingerprint density at radius 1 is 1.29 bits per heavy atom. The summed E-state index contributed by atoms with van der Waals surface area (Å²) in [5, 5.41) is 20.9. The third-order valence-corrected chi connectivity index (χ3v) is 3.03. The number of nitrogens with zero attached hydrogens (tertiary/aromatic N) is 1. The summed E-state index contributed by atoms with van der Waals surface area (Å²) in [6, 6.07) is 5.44. The first kappa shape index (κ1) is 14.9. The Labute approximate surface area is 118 Å². The van der Waals surface area contributed by atoms with E-state index in [1.165, 1.54) is 0 Å². The lowest BCUT2D eigenvalue weighted by Gasteiger charge is -2.09. The van der Waals surface area contributed by atoms with E-state index in [9.17, 15) is 23.1 Å². The quantitative estimate of drug-likeness (QED) is 0.510. The number of benzene rings is 1. The Morgan fingerprint density at radius 2 is 1.86 bits per heavy atom. The van der Waals surface area contributed by atoms with Crippen LogP contribution in [0.2, 0.25) is 0 Å². The first-order valence-corrected chi connectivity index (χ1v) is 6.14. The van der Waals surface area contributed by atoms with Crippen LogP contribution in [0.3, 0.4) is 0 Å². The molecule has 0 saturated heterocycles. The normalized spacial score (nSPS) is 15.9. The van der Waals surface area contributed by atoms with Crippen LogP contribution in [0.15, 0.2) is 35.6 Å². The fraction of sp³-hybridized carbons (Fsp3) is 0.286. The number of hydrogen-bond donors (Lipinski definition) is 2. The maximum atomic E-state index is 12.4. The molecule has 1 amide bonds. The van der Waals surface area contributed by atoms with Gasteiger partial charge in [0.15, 0.2) is 5.57 Å². The Morgan fingerprint density at radius 3 is 2.29 bits per heavy atom. The zero-order valence-corrected chi connectivity index (χ0v) is 10.7. The molecule has 0 spiro atoms. The fourth-order valence-corrected chi connectivity index (χ4v) is 1.72. The number of nitriles is 1. The van der Waals surface area contributed by atoms with Crippen molar-refractivity contribution in [3.63, 3.8) is 0 Å². The number of nitrogens with one attached hydrogen (secondary N) is 1. The minimum atomic E-state index is -4.45. The number of allylic oxidation sites excluding steroid dienone is 1. The van der Waals surface area contributed by atoms with Crippen LogP contribution >= 0.6 is 0 Å². The molecule has 1 aliphatic carbocycles. The zero-order valence-electron chi connectivity index (χ0n) is 10.7. The third-order valence-electron chi connectivity index (χ3n) is 3.03. The topological polar surface area (TPSA) is 73.1 Å². The largest absolute Gasteiger partial charge is 0.510 e. The van der Waals surface area contributed by atoms with Gasteiger partial charge < -0.3 is 10.4 Å². The Hall–Kier alpha value is -2.49. The number of aliphatic hydroxyl groups excluding tert-OH is 1. The van der Waals surface area contributed by atoms with Gasteiger partial charge in [-0.3, -0.25) is 4.79 Å². The lowest BCUT2D eigenvalue weighted by atomic mass is 10.1. The molecule has 2 N–H and O–H groups in total. The minimum Gasteiger partial charge on any atom is -0.510 e. The van der Waals surface area contributed by atoms with E-state index in [4.69, 9.17) is 5.26 Å². The second-order valence-electron chi connectivity index (χ2n) is 4.68. The lowest BCUT2D eigenvalue weighted by Crippen LogP contribution is -2.16. The zero-order chi connectivity index (χ0) is 15.6. The number of halogens is 3. The molecule has 1 fully saturated rings. The van der Waals surface area contributed by atoms with Gasteiger partial charge >= 0.3 is 6.18 Å². The number of anilines is 1. The predicted molar refractivity (Wildman–Crippen MR) is 68.1 cm³/mol. The molecule has 1 aromatic rings. The van der Waals surface area contributed by atoms with E-state index in [1.807, 2.05) is 0 Å². The highest BCUT2D eigenvalue weighted by molar-refractivity contribution is 6.06. The Balaban J connectivity index is 2.13. The van der Waals surface area contributed by atoms with Crippen LogP contribution in [0, 0.1) is 17.2 Å². The van der Waals surface area contributed by atoms with E-state index in [2.05, 4.69) is 5.32 Å². The second kappa shape index (κ2) is 5.48. The molecule has 0 unspecified atom stereocenters. The minimum absolute atomic E-state index is 0.115. The molecule has 0 heterocycles. The van der Waals surface area contributed by atoms with Gasteiger partial charge in [-0.25, -0.2) is 0 Å². The van der Waals surface area contributed by atoms with E-state index < -0.39 is 23.2 Å². The number of aliphatic hydroxyl groups is 1. The van der Waals surface area contributed by atoms with Crippen molar-refractivity contribution >= 4 is 11.6 Å². The molecule has 110 valence electrons. The summed E-state index contributed by atoms with van der Waals surface area (Å²) in [5.74, 6) is -1.26. The van der Waals surface area contributed by atoms with Crippen LogP contribution in [0.5, 0.6) is 0 Å². The molecule has 0 aromatic heterocycles. The summed E-state index contributed by atoms with van der Waals surface area (Å²) in [7, 11) is 0. The molecular formula is C14H11F3N2O2. The summed E-state index contributed by atoms with van der Waals surface area (Å²) in [5.41, 5.74) is -1.13. The molecule has 0 atom stereocenters. The number of carbonyl (C=O) groups excluding carboxylic acids is 1. The molecule has 21 heavy (non-hydrogen) atoms. The standard InChI is InChI=1S/C14H11F3N2O2/c15-14(16,17)9-3-5-10(6-4-9)19-13(21)11(7-18)12(20)8-1-2-8/h3-6,8,20H,1-2H2,(H,19,21)/b12-11-. The van der Waals surface area contributed by atoms with E-state index in [1.54, 1.807) is 6.07 Å². The van der Waals surface area contributed by atoms with Crippen molar-refractivity contribution in [3.05, 3.63) is 41.2 Å². The van der Waals surface area contributed by atoms with Crippen molar-refractivity contribution in [2.45, 2.75) is 19.0 Å². The van der Waals surface area contributed by atoms with Crippen molar-refractivity contribution in [1.82, 2.24) is 0 Å². The number of amides is 1. The molecular weight excluding hydrogens is 285 g/mol. The number of hydrogen-bond acceptors (Lipinski definition) is 3. The van der Waals surface area contributed by atoms with E-state index in [-0.39, 0.29) is 17.4 Å². The maximum Gasteiger partial charge on any atom is 0.416 e. The van der Waals surface area contributed by atoms with Gasteiger partial charge in [-0.05, 0) is 37.1 Å². The number of carbonyl (C=O) groups is 1. The first-order valence-electron chi connectivity index (χ1n) is 6.14. The average molecular weight is 296 g/mol. The summed E-state index contributed by atoms with van der Waals surface area (Å²) in [6.45, 7) is 0. The molecule has 0 radical (unpaired) electrons. The van der Waals surface area contributed by atoms with Crippen molar-refractivity contribution in [3.8, 4) is 6.07 Å². The molecule has 0 aliphatic heterocycles. The van der Waals surface area contributed by atoms with Gasteiger partial charge in [0.05, 0.1) is 5.56 Å². The van der Waals surface area contributed by atoms with Gasteiger partial charge in [-0.1, -0.05) is 0 Å². The first-order chi connectivity index (χ1) is 9.82. The molecule has 7 heteroatoms. The molecule has 1 aliphatic rings. The van der Waals surface area contributed by atoms with Gasteiger partial charge in [0.25, 0.3) is 5.91 Å². The summed E-state index contributed by atoms with van der Waals surface area (Å²) in [4.78, 5) is 11.8. The SMILES string of the molecule is N#C/C(C(=O)Nc1ccc(C(F)(F)F)cc1)=C(/O)C1CC1. The van der Waals surface area contributed by atoms with E-state index in [0.717, 1.165) is 24.3 Å². The predicted octanol–water partition coefficient (Wildman–Crippen LogP) is 3.39. The Bertz CT molecular complexity index is 623. The highest BCUT2D eigenvalue weighted by Gasteiger charge is 2.31. The Kier molecular flexibility index (Phi) is 3.89. The van der Waals surface area contributed by atoms with E-state index in [0.29, 0.717) is 12.8 Å². The molecule has 1 saturated carbocycles. The molecule has 0 bridgehead atoms. The average Bonchev–Trinajstić information content (AvgIpc) is 3.23. The van der Waals surface area contributed by atoms with Crippen LogP contribution < -0.4 is 5.32 Å². The van der Waals surface area contributed by atoms with E-state index >= 15 is 0 Å². The van der Waals surface area contributed by atoms with Crippen molar-refractivity contribution in [1.29, 1.82) is 5.26 Å². The van der Waals surface area contributed by atoms with Crippen LogP contribution in [0.25, 0.3) is 0 Å². The number of rotatable bonds is 3. The summed E-state index contributed by atoms with van der Waals surface area (Å²) < 4.78 is 37.2. The van der Waals surface area contributed by atoms with Gasteiger partial charge in [-0.2, -0.15) is 18.4 Å². The fourth-order valence-electron chi connectivity index (χ4n) is 1.72. The third kappa shape index (κ3) is 3.54. The molecule has 4 nitrogen and oxygen atoms in total. The van der Waals surface area contributed by atoms with Crippen molar-refractivity contribution in [2.24, 2.45) is 5.92 Å². The summed E-state index contributed by atoms with van der Waals surface area (Å²) in [6.07, 6.45) is -3.03. The molecule has 2 rings (SSSR count). The highest BCUT2D eigenvalue weighted by Crippen LogP contribution is 2.36. The van der Waals surface area contributed by atoms with Gasteiger partial charge in [0.2, 0.25) is 0 Å². The van der Waals surface area contributed by atoms with Gasteiger partial charge in [0.1, 0.15) is 11.8 Å². The maximum absolute atomic E-state index is 12.4. The van der Waals surface area contributed by atoms with Crippen LogP contribution in [0.4, 0.5) is 18.9 Å². The van der Waals surface area contributed by atoms with Crippen LogP contribution in [0.1, 0.15) is 18.4 Å². The van der Waals surface area contributed by atoms with Crippen LogP contribution in [-0.4, -0.2) is 11.0 Å². The lowest BCUT2D eigenvalue weighted by molar-refractivity contribution is -0.137. The second-order valence-corrected chi connectivity index (χ2v) is 4.68. The van der Waals surface area contributed by atoms with Gasteiger partial charge in [-0.15, -0.1) is 0 Å². The highest BCUT2D eigenvalue weighted by atomic mass is 19.4. The smallest absolute Gasteiger partial charge is 0.416 e. The molecule has 1 aromatic carbocycles. The summed E-state index contributed by atoms with van der Waals surface area (Å²) >= 11 is 0. The van der Waals surface area contributed by atoms with Gasteiger partial charge in [0, 0.05) is 11.6 Å². The van der Waals surface area contributed by atoms with Crippen LogP contribution in [-0.2, 0) is 11.0 Å². The monoisotopic (exact) mass is 296 g/mol.